The summed E-state index contributed by atoms with van der Waals surface area (Å²) in [5.41, 5.74) is 1.15. The quantitative estimate of drug-likeness (QED) is 0.668. The highest BCUT2D eigenvalue weighted by Gasteiger charge is 2.18. The standard InChI is InChI=1S/C9H12N4O/c1-9(2,3)7-4-6-8(14)11-10-5-13(6)12-7/h4-5H,1-3H3,(H,11,14). The molecule has 0 fully saturated rings. The van der Waals surface area contributed by atoms with Crippen LogP contribution >= 0.6 is 0 Å². The molecule has 0 spiro atoms. The molecule has 0 bridgehead atoms. The van der Waals surface area contributed by atoms with Crippen LogP contribution < -0.4 is 5.56 Å². The van der Waals surface area contributed by atoms with Crippen molar-refractivity contribution < 1.29 is 0 Å². The maximum absolute atomic E-state index is 11.3. The summed E-state index contributed by atoms with van der Waals surface area (Å²) in [6.45, 7) is 6.16. The van der Waals surface area contributed by atoms with E-state index in [1.54, 1.807) is 6.07 Å². The van der Waals surface area contributed by atoms with Crippen molar-refractivity contribution in [2.24, 2.45) is 0 Å². The summed E-state index contributed by atoms with van der Waals surface area (Å²) in [6.07, 6.45) is 1.49. The summed E-state index contributed by atoms with van der Waals surface area (Å²) in [6, 6.07) is 1.79. The Kier molecular flexibility index (Phi) is 1.70. The third-order valence-electron chi connectivity index (χ3n) is 2.07. The molecule has 14 heavy (non-hydrogen) atoms. The highest BCUT2D eigenvalue weighted by atomic mass is 16.1. The summed E-state index contributed by atoms with van der Waals surface area (Å²) in [5.74, 6) is 0. The van der Waals surface area contributed by atoms with Gasteiger partial charge in [0.15, 0.2) is 0 Å². The van der Waals surface area contributed by atoms with Gasteiger partial charge in [0, 0.05) is 5.41 Å². The molecule has 0 amide bonds. The van der Waals surface area contributed by atoms with Crippen molar-refractivity contribution >= 4 is 5.52 Å². The van der Waals surface area contributed by atoms with E-state index in [2.05, 4.69) is 36.1 Å². The summed E-state index contributed by atoms with van der Waals surface area (Å²) in [4.78, 5) is 11.3. The van der Waals surface area contributed by atoms with Crippen LogP contribution in [0.1, 0.15) is 26.5 Å². The van der Waals surface area contributed by atoms with Crippen LogP contribution in [0.15, 0.2) is 17.2 Å². The number of aromatic nitrogens is 4. The van der Waals surface area contributed by atoms with E-state index in [-0.39, 0.29) is 11.0 Å². The summed E-state index contributed by atoms with van der Waals surface area (Å²) >= 11 is 0. The van der Waals surface area contributed by atoms with Crippen LogP contribution in [-0.2, 0) is 5.41 Å². The van der Waals surface area contributed by atoms with Crippen molar-refractivity contribution in [1.29, 1.82) is 0 Å². The van der Waals surface area contributed by atoms with Crippen molar-refractivity contribution in [1.82, 2.24) is 19.8 Å². The van der Waals surface area contributed by atoms with Crippen LogP contribution in [0.2, 0.25) is 0 Å². The van der Waals surface area contributed by atoms with Crippen LogP contribution in [0.3, 0.4) is 0 Å². The minimum absolute atomic E-state index is 0.0571. The average molecular weight is 192 g/mol. The number of fused-ring (bicyclic) bond motifs is 1. The molecule has 0 saturated heterocycles. The van der Waals surface area contributed by atoms with Crippen molar-refractivity contribution in [3.8, 4) is 0 Å². The Bertz CT molecular complexity index is 517. The first-order valence-corrected chi connectivity index (χ1v) is 4.42. The van der Waals surface area contributed by atoms with Gasteiger partial charge in [-0.2, -0.15) is 10.2 Å². The van der Waals surface area contributed by atoms with Crippen LogP contribution in [0.5, 0.6) is 0 Å². The zero-order chi connectivity index (χ0) is 10.3. The molecule has 0 saturated carbocycles. The van der Waals surface area contributed by atoms with Gasteiger partial charge in [-0.15, -0.1) is 0 Å². The molecule has 0 atom stereocenters. The topological polar surface area (TPSA) is 63.0 Å². The fraction of sp³-hybridized carbons (Fsp3) is 0.444. The average Bonchev–Trinajstić information content (AvgIpc) is 2.48. The molecule has 1 N–H and O–H groups in total. The van der Waals surface area contributed by atoms with E-state index in [1.807, 2.05) is 0 Å². The minimum atomic E-state index is -0.212. The molecule has 0 aliphatic carbocycles. The van der Waals surface area contributed by atoms with Crippen molar-refractivity contribution in [3.63, 3.8) is 0 Å². The lowest BCUT2D eigenvalue weighted by Crippen LogP contribution is -2.12. The fourth-order valence-corrected chi connectivity index (χ4v) is 1.22. The first kappa shape index (κ1) is 8.93. The highest BCUT2D eigenvalue weighted by molar-refractivity contribution is 5.45. The number of hydrogen-bond donors (Lipinski definition) is 1. The molecule has 74 valence electrons. The van der Waals surface area contributed by atoms with Crippen molar-refractivity contribution in [3.05, 3.63) is 28.4 Å². The Morgan fingerprint density at radius 3 is 2.71 bits per heavy atom. The van der Waals surface area contributed by atoms with Gasteiger partial charge in [0.1, 0.15) is 11.8 Å². The van der Waals surface area contributed by atoms with E-state index >= 15 is 0 Å². The predicted molar refractivity (Wildman–Crippen MR) is 52.3 cm³/mol. The lowest BCUT2D eigenvalue weighted by Gasteiger charge is -2.13. The predicted octanol–water partition coefficient (Wildman–Crippen LogP) is 0.715. The molecule has 0 aliphatic rings. The third-order valence-corrected chi connectivity index (χ3v) is 2.07. The van der Waals surface area contributed by atoms with Gasteiger partial charge in [-0.3, -0.25) is 4.79 Å². The lowest BCUT2D eigenvalue weighted by atomic mass is 9.92. The number of H-pyrrole nitrogens is 1. The Morgan fingerprint density at radius 2 is 2.14 bits per heavy atom. The van der Waals surface area contributed by atoms with Gasteiger partial charge < -0.3 is 0 Å². The van der Waals surface area contributed by atoms with Crippen LogP contribution in [0.25, 0.3) is 5.52 Å². The first-order valence-electron chi connectivity index (χ1n) is 4.42. The number of hydrogen-bond acceptors (Lipinski definition) is 3. The van der Waals surface area contributed by atoms with Gasteiger partial charge in [-0.25, -0.2) is 9.61 Å². The molecular formula is C9H12N4O. The van der Waals surface area contributed by atoms with E-state index in [4.69, 9.17) is 0 Å². The second-order valence-electron chi connectivity index (χ2n) is 4.29. The zero-order valence-electron chi connectivity index (χ0n) is 8.40. The molecular weight excluding hydrogens is 180 g/mol. The zero-order valence-corrected chi connectivity index (χ0v) is 8.40. The largest absolute Gasteiger partial charge is 0.290 e. The Morgan fingerprint density at radius 1 is 1.43 bits per heavy atom. The van der Waals surface area contributed by atoms with E-state index in [0.717, 1.165) is 5.69 Å². The number of nitrogens with zero attached hydrogens (tertiary/aromatic N) is 3. The van der Waals surface area contributed by atoms with Crippen LogP contribution in [0.4, 0.5) is 0 Å². The van der Waals surface area contributed by atoms with Gasteiger partial charge in [0.05, 0.1) is 5.69 Å². The van der Waals surface area contributed by atoms with Gasteiger partial charge in [0.25, 0.3) is 5.56 Å². The molecule has 2 aromatic heterocycles. The van der Waals surface area contributed by atoms with E-state index < -0.39 is 0 Å². The minimum Gasteiger partial charge on any atom is -0.266 e. The van der Waals surface area contributed by atoms with Gasteiger partial charge in [0.2, 0.25) is 0 Å². The SMILES string of the molecule is CC(C)(C)c1cc2c(=O)[nH]ncn2n1. The molecule has 2 heterocycles. The van der Waals surface area contributed by atoms with E-state index in [1.165, 1.54) is 10.8 Å². The van der Waals surface area contributed by atoms with Crippen molar-refractivity contribution in [2.75, 3.05) is 0 Å². The smallest absolute Gasteiger partial charge is 0.266 e. The first-order chi connectivity index (χ1) is 6.48. The molecule has 5 nitrogen and oxygen atoms in total. The maximum Gasteiger partial charge on any atom is 0.290 e. The molecule has 5 heteroatoms. The Balaban J connectivity index is 2.75. The summed E-state index contributed by atoms with van der Waals surface area (Å²) in [7, 11) is 0. The Labute approximate surface area is 80.8 Å². The molecule has 0 unspecified atom stereocenters. The van der Waals surface area contributed by atoms with Crippen LogP contribution in [0, 0.1) is 0 Å². The molecule has 0 radical (unpaired) electrons. The second kappa shape index (κ2) is 2.67. The maximum atomic E-state index is 11.3. The fourth-order valence-electron chi connectivity index (χ4n) is 1.22. The van der Waals surface area contributed by atoms with Crippen molar-refractivity contribution in [2.45, 2.75) is 26.2 Å². The monoisotopic (exact) mass is 192 g/mol. The third kappa shape index (κ3) is 1.30. The highest BCUT2D eigenvalue weighted by Crippen LogP contribution is 2.20. The van der Waals surface area contributed by atoms with Gasteiger partial charge in [-0.05, 0) is 6.07 Å². The molecule has 2 aromatic rings. The second-order valence-corrected chi connectivity index (χ2v) is 4.29. The van der Waals surface area contributed by atoms with E-state index in [0.29, 0.717) is 5.52 Å². The molecule has 2 rings (SSSR count). The van der Waals surface area contributed by atoms with Crippen LogP contribution in [-0.4, -0.2) is 19.8 Å². The number of aromatic amines is 1. The van der Waals surface area contributed by atoms with E-state index in [9.17, 15) is 4.79 Å². The summed E-state index contributed by atoms with van der Waals surface area (Å²) in [5, 5.41) is 10.3. The van der Waals surface area contributed by atoms with Gasteiger partial charge in [-0.1, -0.05) is 20.8 Å². The Hall–Kier alpha value is -1.65. The van der Waals surface area contributed by atoms with Gasteiger partial charge >= 0.3 is 0 Å². The molecule has 0 aromatic carbocycles. The molecule has 0 aliphatic heterocycles. The lowest BCUT2D eigenvalue weighted by molar-refractivity contribution is 0.561. The number of nitrogens with one attached hydrogen (secondary N) is 1. The number of rotatable bonds is 0. The summed E-state index contributed by atoms with van der Waals surface area (Å²) < 4.78 is 1.50. The normalized spacial score (nSPS) is 12.2.